The molecule has 0 aliphatic rings. The molecule has 0 saturated carbocycles. The number of aromatic hydroxyl groups is 1. The van der Waals surface area contributed by atoms with Gasteiger partial charge in [0.2, 0.25) is 5.82 Å². The van der Waals surface area contributed by atoms with Gasteiger partial charge < -0.3 is 14.8 Å². The van der Waals surface area contributed by atoms with Crippen LogP contribution in [0.15, 0.2) is 54.9 Å². The zero-order chi connectivity index (χ0) is 17.1. The fourth-order valence-electron chi connectivity index (χ4n) is 2.08. The first-order chi connectivity index (χ1) is 11.5. The van der Waals surface area contributed by atoms with E-state index in [1.54, 1.807) is 18.2 Å². The van der Waals surface area contributed by atoms with Crippen molar-refractivity contribution in [3.05, 3.63) is 70.8 Å². The molecule has 0 aliphatic carbocycles. The number of nitro benzene ring substituents is 1. The van der Waals surface area contributed by atoms with Gasteiger partial charge in [-0.3, -0.25) is 10.1 Å². The van der Waals surface area contributed by atoms with E-state index >= 15 is 0 Å². The molecule has 0 amide bonds. The number of hydrogen-bond acceptors (Lipinski definition) is 6. The Kier molecular flexibility index (Phi) is 3.94. The molecular formula is C16H11N3O5. The number of hydrogen-bond donors (Lipinski definition) is 2. The van der Waals surface area contributed by atoms with E-state index in [-0.39, 0.29) is 23.0 Å². The van der Waals surface area contributed by atoms with Gasteiger partial charge in [0.25, 0.3) is 5.69 Å². The first-order valence-electron chi connectivity index (χ1n) is 6.84. The fraction of sp³-hybridized carbons (Fsp3) is 0. The maximum atomic E-state index is 11.8. The van der Waals surface area contributed by atoms with Gasteiger partial charge >= 0.3 is 5.97 Å². The van der Waals surface area contributed by atoms with Crippen LogP contribution in [0.25, 0.3) is 11.1 Å². The summed E-state index contributed by atoms with van der Waals surface area (Å²) < 4.78 is 5.06. The molecule has 0 aliphatic heterocycles. The van der Waals surface area contributed by atoms with E-state index in [1.807, 2.05) is 0 Å². The maximum Gasteiger partial charge on any atom is 0.379 e. The summed E-state index contributed by atoms with van der Waals surface area (Å²) in [4.78, 5) is 28.3. The summed E-state index contributed by atoms with van der Waals surface area (Å²) in [5.41, 5.74) is 1.28. The monoisotopic (exact) mass is 325 g/mol. The molecule has 2 N–H and O–H groups in total. The molecule has 3 aromatic rings. The first-order valence-corrected chi connectivity index (χ1v) is 6.84. The van der Waals surface area contributed by atoms with Crippen molar-refractivity contribution in [1.29, 1.82) is 0 Å². The number of phenols is 1. The summed E-state index contributed by atoms with van der Waals surface area (Å²) >= 11 is 0. The topological polar surface area (TPSA) is 118 Å². The molecule has 0 unspecified atom stereocenters. The number of aromatic nitrogens is 2. The van der Waals surface area contributed by atoms with Gasteiger partial charge in [0.1, 0.15) is 0 Å². The highest BCUT2D eigenvalue weighted by atomic mass is 16.6. The third-order valence-electron chi connectivity index (χ3n) is 3.26. The SMILES string of the molecule is O=C(Oc1ccc(-c2ccc([N+](=O)[O-])cc2)cc1O)c1ncc[nH]1. The number of nitrogens with one attached hydrogen (secondary N) is 1. The van der Waals surface area contributed by atoms with E-state index in [0.717, 1.165) is 0 Å². The van der Waals surface area contributed by atoms with Crippen LogP contribution in [0.3, 0.4) is 0 Å². The Morgan fingerprint density at radius 3 is 2.46 bits per heavy atom. The Labute approximate surface area is 135 Å². The van der Waals surface area contributed by atoms with Gasteiger partial charge in [-0.1, -0.05) is 6.07 Å². The van der Waals surface area contributed by atoms with Crippen molar-refractivity contribution in [3.63, 3.8) is 0 Å². The van der Waals surface area contributed by atoms with Crippen LogP contribution < -0.4 is 4.74 Å². The molecule has 0 atom stereocenters. The van der Waals surface area contributed by atoms with E-state index in [1.165, 1.54) is 36.7 Å². The van der Waals surface area contributed by atoms with Crippen molar-refractivity contribution in [1.82, 2.24) is 9.97 Å². The van der Waals surface area contributed by atoms with Gasteiger partial charge in [-0.05, 0) is 35.4 Å². The number of non-ortho nitro benzene ring substituents is 1. The summed E-state index contributed by atoms with van der Waals surface area (Å²) in [6.07, 6.45) is 2.89. The lowest BCUT2D eigenvalue weighted by molar-refractivity contribution is -0.384. The number of nitro groups is 1. The van der Waals surface area contributed by atoms with Crippen LogP contribution in [0.5, 0.6) is 11.5 Å². The molecule has 2 aromatic carbocycles. The van der Waals surface area contributed by atoms with E-state index in [0.29, 0.717) is 11.1 Å². The standard InChI is InChI=1S/C16H11N3O5/c20-13-9-11(10-1-4-12(5-2-10)19(22)23)3-6-14(13)24-16(21)15-17-7-8-18-15/h1-9,20H,(H,17,18). The third kappa shape index (κ3) is 3.07. The largest absolute Gasteiger partial charge is 0.504 e. The van der Waals surface area contributed by atoms with Gasteiger partial charge in [-0.2, -0.15) is 0 Å². The van der Waals surface area contributed by atoms with Crippen LogP contribution in [0, 0.1) is 10.1 Å². The molecule has 0 bridgehead atoms. The molecule has 0 radical (unpaired) electrons. The van der Waals surface area contributed by atoms with Gasteiger partial charge in [0.05, 0.1) is 4.92 Å². The maximum absolute atomic E-state index is 11.8. The number of imidazole rings is 1. The van der Waals surface area contributed by atoms with Crippen LogP contribution >= 0.6 is 0 Å². The summed E-state index contributed by atoms with van der Waals surface area (Å²) in [5, 5.41) is 20.7. The minimum atomic E-state index is -0.724. The predicted molar refractivity (Wildman–Crippen MR) is 83.7 cm³/mol. The summed E-state index contributed by atoms with van der Waals surface area (Å²) in [6.45, 7) is 0. The number of carbonyl (C=O) groups is 1. The lowest BCUT2D eigenvalue weighted by Crippen LogP contribution is -2.10. The number of carbonyl (C=O) groups excluding carboxylic acids is 1. The van der Waals surface area contributed by atoms with E-state index in [9.17, 15) is 20.0 Å². The van der Waals surface area contributed by atoms with Crippen LogP contribution in [-0.2, 0) is 0 Å². The Balaban J connectivity index is 1.81. The number of H-pyrrole nitrogens is 1. The average Bonchev–Trinajstić information content (AvgIpc) is 3.11. The summed E-state index contributed by atoms with van der Waals surface area (Å²) in [7, 11) is 0. The highest BCUT2D eigenvalue weighted by molar-refractivity contribution is 5.87. The Morgan fingerprint density at radius 2 is 1.88 bits per heavy atom. The lowest BCUT2D eigenvalue weighted by atomic mass is 10.0. The van der Waals surface area contributed by atoms with E-state index < -0.39 is 10.9 Å². The second kappa shape index (κ2) is 6.21. The highest BCUT2D eigenvalue weighted by Gasteiger charge is 2.14. The normalized spacial score (nSPS) is 10.3. The number of esters is 1. The van der Waals surface area contributed by atoms with E-state index in [4.69, 9.17) is 4.74 Å². The van der Waals surface area contributed by atoms with Crippen LogP contribution in [0.4, 0.5) is 5.69 Å². The highest BCUT2D eigenvalue weighted by Crippen LogP contribution is 2.32. The zero-order valence-electron chi connectivity index (χ0n) is 12.2. The Morgan fingerprint density at radius 1 is 1.17 bits per heavy atom. The zero-order valence-corrected chi connectivity index (χ0v) is 12.2. The minimum absolute atomic E-state index is 0.0120. The molecule has 120 valence electrons. The molecule has 8 nitrogen and oxygen atoms in total. The van der Waals surface area contributed by atoms with Crippen LogP contribution in [0.1, 0.15) is 10.6 Å². The number of rotatable bonds is 4. The van der Waals surface area contributed by atoms with Gasteiger partial charge in [-0.15, -0.1) is 0 Å². The number of nitrogens with zero attached hydrogens (tertiary/aromatic N) is 2. The molecule has 0 spiro atoms. The molecule has 0 saturated heterocycles. The number of ether oxygens (including phenoxy) is 1. The molecular weight excluding hydrogens is 314 g/mol. The van der Waals surface area contributed by atoms with E-state index in [2.05, 4.69) is 9.97 Å². The van der Waals surface area contributed by atoms with Crippen molar-refractivity contribution in [2.24, 2.45) is 0 Å². The van der Waals surface area contributed by atoms with Gasteiger partial charge in [-0.25, -0.2) is 9.78 Å². The Hall–Kier alpha value is -3.68. The lowest BCUT2D eigenvalue weighted by Gasteiger charge is -2.07. The number of phenolic OH excluding ortho intramolecular Hbond substituents is 1. The number of aromatic amines is 1. The van der Waals surface area contributed by atoms with Crippen LogP contribution in [-0.4, -0.2) is 26.0 Å². The molecule has 1 aromatic heterocycles. The van der Waals surface area contributed by atoms with Crippen molar-refractivity contribution in [3.8, 4) is 22.6 Å². The second-order valence-electron chi connectivity index (χ2n) is 4.81. The molecule has 3 rings (SSSR count). The fourth-order valence-corrected chi connectivity index (χ4v) is 2.08. The van der Waals surface area contributed by atoms with Crippen molar-refractivity contribution < 1.29 is 19.6 Å². The second-order valence-corrected chi connectivity index (χ2v) is 4.81. The third-order valence-corrected chi connectivity index (χ3v) is 3.26. The molecule has 8 heteroatoms. The van der Waals surface area contributed by atoms with Crippen molar-refractivity contribution in [2.75, 3.05) is 0 Å². The molecule has 24 heavy (non-hydrogen) atoms. The summed E-state index contributed by atoms with van der Waals surface area (Å²) in [6, 6.07) is 10.4. The predicted octanol–water partition coefficient (Wildman–Crippen LogP) is 2.91. The molecule has 1 heterocycles. The minimum Gasteiger partial charge on any atom is -0.504 e. The van der Waals surface area contributed by atoms with Crippen LogP contribution in [0.2, 0.25) is 0 Å². The molecule has 0 fully saturated rings. The average molecular weight is 325 g/mol. The Bertz CT molecular complexity index is 889. The van der Waals surface area contributed by atoms with Gasteiger partial charge in [0, 0.05) is 24.5 Å². The number of benzene rings is 2. The first kappa shape index (κ1) is 15.2. The van der Waals surface area contributed by atoms with Crippen molar-refractivity contribution in [2.45, 2.75) is 0 Å². The summed E-state index contributed by atoms with van der Waals surface area (Å²) in [5.74, 6) is -0.944. The quantitative estimate of drug-likeness (QED) is 0.329. The smallest absolute Gasteiger partial charge is 0.379 e. The van der Waals surface area contributed by atoms with Crippen molar-refractivity contribution >= 4 is 11.7 Å². The van der Waals surface area contributed by atoms with Gasteiger partial charge in [0.15, 0.2) is 11.5 Å².